The van der Waals surface area contributed by atoms with Crippen LogP contribution in [0.1, 0.15) is 47.1 Å². The average Bonchev–Trinajstić information content (AvgIpc) is 3.22. The number of anilines is 1. The fourth-order valence-corrected chi connectivity index (χ4v) is 6.51. The molecule has 1 unspecified atom stereocenters. The number of thiazole rings is 1. The van der Waals surface area contributed by atoms with Crippen molar-refractivity contribution in [1.29, 1.82) is 0 Å². The molecule has 0 radical (unpaired) electrons. The maximum absolute atomic E-state index is 13.3. The van der Waals surface area contributed by atoms with Gasteiger partial charge in [0.1, 0.15) is 12.5 Å². The monoisotopic (exact) mass is 533 g/mol. The van der Waals surface area contributed by atoms with E-state index in [0.717, 1.165) is 64.0 Å². The summed E-state index contributed by atoms with van der Waals surface area (Å²) >= 11 is 1.18. The quantitative estimate of drug-likeness (QED) is 0.463. The van der Waals surface area contributed by atoms with E-state index in [1.807, 2.05) is 12.1 Å². The van der Waals surface area contributed by atoms with Gasteiger partial charge in [0.05, 0.1) is 10.6 Å². The smallest absolute Gasteiger partial charge is 0.321 e. The number of carbonyl (C=O) groups excluding carboxylic acids is 2. The van der Waals surface area contributed by atoms with Crippen molar-refractivity contribution < 1.29 is 18.4 Å². The van der Waals surface area contributed by atoms with Gasteiger partial charge in [0.25, 0.3) is 0 Å². The second-order valence-electron chi connectivity index (χ2n) is 10.3. The van der Waals surface area contributed by atoms with Gasteiger partial charge in [-0.15, -0.1) is 0 Å². The topological polar surface area (TPSA) is 77.6 Å². The van der Waals surface area contributed by atoms with Crippen molar-refractivity contribution in [3.8, 4) is 0 Å². The zero-order chi connectivity index (χ0) is 26.4. The number of alkyl halides is 1. The van der Waals surface area contributed by atoms with Crippen LogP contribution in [0.3, 0.4) is 0 Å². The van der Waals surface area contributed by atoms with Gasteiger partial charge in [-0.05, 0) is 62.8 Å². The number of hydrogen-bond donors (Lipinski definition) is 2. The molecular formula is C27H37F2N5O2S. The highest BCUT2D eigenvalue weighted by Gasteiger charge is 2.33. The van der Waals surface area contributed by atoms with Gasteiger partial charge in [-0.2, -0.15) is 0 Å². The van der Waals surface area contributed by atoms with Gasteiger partial charge in [0, 0.05) is 51.6 Å². The molecule has 2 aliphatic heterocycles. The van der Waals surface area contributed by atoms with E-state index < -0.39 is 0 Å². The first-order valence-electron chi connectivity index (χ1n) is 13.1. The summed E-state index contributed by atoms with van der Waals surface area (Å²) in [5.41, 5.74) is 1.77. The summed E-state index contributed by atoms with van der Waals surface area (Å²) < 4.78 is 26.4. The Kier molecular flexibility index (Phi) is 9.61. The third-order valence-corrected chi connectivity index (χ3v) is 8.58. The molecule has 0 saturated carbocycles. The third-order valence-electron chi connectivity index (χ3n) is 7.41. The van der Waals surface area contributed by atoms with Crippen LogP contribution >= 0.6 is 11.3 Å². The van der Waals surface area contributed by atoms with Crippen LogP contribution in [-0.4, -0.2) is 78.6 Å². The number of amides is 2. The number of ketones is 1. The van der Waals surface area contributed by atoms with Crippen molar-refractivity contribution in [3.63, 3.8) is 0 Å². The van der Waals surface area contributed by atoms with Crippen LogP contribution in [0.15, 0.2) is 24.3 Å². The van der Waals surface area contributed by atoms with Gasteiger partial charge in [-0.25, -0.2) is 18.6 Å². The van der Waals surface area contributed by atoms with Gasteiger partial charge in [-0.3, -0.25) is 10.1 Å². The molecule has 0 bridgehead atoms. The first-order valence-corrected chi connectivity index (χ1v) is 13.9. The van der Waals surface area contributed by atoms with Crippen molar-refractivity contribution in [1.82, 2.24) is 20.1 Å². The number of benzene rings is 1. The molecule has 0 aliphatic carbocycles. The second kappa shape index (κ2) is 12.9. The van der Waals surface area contributed by atoms with Crippen LogP contribution in [0, 0.1) is 24.6 Å². The number of rotatable bonds is 9. The summed E-state index contributed by atoms with van der Waals surface area (Å²) in [4.78, 5) is 34.0. The molecule has 202 valence electrons. The Hall–Kier alpha value is -2.43. The van der Waals surface area contributed by atoms with Crippen molar-refractivity contribution in [2.75, 3.05) is 51.3 Å². The van der Waals surface area contributed by atoms with E-state index in [2.05, 4.69) is 25.4 Å². The number of urea groups is 1. The number of Topliss-reactive ketones (excluding diaryl/α,β-unsaturated/α-hetero) is 1. The number of likely N-dealkylation sites (tertiary alicyclic amines) is 2. The molecule has 1 aromatic carbocycles. The Morgan fingerprint density at radius 3 is 2.62 bits per heavy atom. The predicted octanol–water partition coefficient (Wildman–Crippen LogP) is 4.53. The molecule has 2 aliphatic rings. The maximum Gasteiger partial charge on any atom is 0.321 e. The molecule has 1 aromatic heterocycles. The van der Waals surface area contributed by atoms with Crippen LogP contribution in [-0.2, 0) is 6.42 Å². The zero-order valence-electron chi connectivity index (χ0n) is 21.6. The summed E-state index contributed by atoms with van der Waals surface area (Å²) in [6, 6.07) is 6.41. The highest BCUT2D eigenvalue weighted by molar-refractivity contribution is 7.17. The summed E-state index contributed by atoms with van der Waals surface area (Å²) in [5.74, 6) is 0.392. The van der Waals surface area contributed by atoms with Gasteiger partial charge in [0.15, 0.2) is 10.9 Å². The molecule has 7 nitrogen and oxygen atoms in total. The zero-order valence-corrected chi connectivity index (χ0v) is 22.5. The average molecular weight is 534 g/mol. The molecule has 2 amide bonds. The molecular weight excluding hydrogens is 496 g/mol. The fraction of sp³-hybridized carbons (Fsp3) is 0.593. The molecule has 10 heteroatoms. The molecule has 4 rings (SSSR count). The normalized spacial score (nSPS) is 23.1. The van der Waals surface area contributed by atoms with E-state index in [-0.39, 0.29) is 36.3 Å². The largest absolute Gasteiger partial charge is 0.335 e. The molecule has 2 fully saturated rings. The fourth-order valence-electron chi connectivity index (χ4n) is 5.65. The highest BCUT2D eigenvalue weighted by atomic mass is 32.1. The van der Waals surface area contributed by atoms with E-state index >= 15 is 0 Å². The molecule has 2 saturated heterocycles. The number of nitrogens with one attached hydrogen (secondary N) is 2. The van der Waals surface area contributed by atoms with Crippen molar-refractivity contribution in [2.45, 2.75) is 45.6 Å². The minimum absolute atomic E-state index is 0.0401. The van der Waals surface area contributed by atoms with Gasteiger partial charge < -0.3 is 15.1 Å². The lowest BCUT2D eigenvalue weighted by molar-refractivity contribution is 0.0822. The number of hydrogen-bond acceptors (Lipinski definition) is 6. The van der Waals surface area contributed by atoms with E-state index in [4.69, 9.17) is 0 Å². The Bertz CT molecular complexity index is 1060. The number of carbonyl (C=O) groups is 2. The van der Waals surface area contributed by atoms with Crippen LogP contribution in [0.2, 0.25) is 0 Å². The minimum atomic E-state index is -0.378. The van der Waals surface area contributed by atoms with Crippen LogP contribution < -0.4 is 10.6 Å². The third kappa shape index (κ3) is 7.78. The number of piperidine rings is 2. The van der Waals surface area contributed by atoms with E-state index in [9.17, 15) is 18.4 Å². The van der Waals surface area contributed by atoms with Gasteiger partial charge >= 0.3 is 6.03 Å². The molecule has 37 heavy (non-hydrogen) atoms. The van der Waals surface area contributed by atoms with Crippen LogP contribution in [0.4, 0.5) is 18.7 Å². The number of aryl methyl sites for hydroxylation is 1. The standard InChI is InChI=1S/C27H37F2N5O2S/c1-18-25(19(2)35)37-27(30-18)32-26(36)31-24-9-12-33(13-10-28)16-22(24)17-34-11-3-4-21(15-34)14-20-5-7-23(29)8-6-20/h5-8,21-22,24H,3-4,9-17H2,1-2H3,(H2,30,31,32,36)/t21?,22-,24-/m1/s1. The van der Waals surface area contributed by atoms with Crippen molar-refractivity contribution in [3.05, 3.63) is 46.2 Å². The lowest BCUT2D eigenvalue weighted by Crippen LogP contribution is -2.55. The van der Waals surface area contributed by atoms with E-state index in [0.29, 0.717) is 28.2 Å². The molecule has 0 spiro atoms. The van der Waals surface area contributed by atoms with Crippen LogP contribution in [0.25, 0.3) is 0 Å². The molecule has 3 atom stereocenters. The molecule has 2 N–H and O–H groups in total. The molecule has 3 heterocycles. The lowest BCUT2D eigenvalue weighted by Gasteiger charge is -2.42. The Labute approximate surface area is 221 Å². The summed E-state index contributed by atoms with van der Waals surface area (Å²) in [6.45, 7) is 7.55. The first kappa shape index (κ1) is 27.6. The van der Waals surface area contributed by atoms with E-state index in [1.165, 1.54) is 30.4 Å². The van der Waals surface area contributed by atoms with Gasteiger partial charge in [-0.1, -0.05) is 23.5 Å². The Morgan fingerprint density at radius 1 is 1.14 bits per heavy atom. The van der Waals surface area contributed by atoms with Crippen LogP contribution in [0.5, 0.6) is 0 Å². The van der Waals surface area contributed by atoms with Gasteiger partial charge in [0.2, 0.25) is 0 Å². The highest BCUT2D eigenvalue weighted by Crippen LogP contribution is 2.26. The second-order valence-corrected chi connectivity index (χ2v) is 11.3. The lowest BCUT2D eigenvalue weighted by atomic mass is 9.88. The predicted molar refractivity (Wildman–Crippen MR) is 143 cm³/mol. The SMILES string of the molecule is CC(=O)c1sc(NC(=O)N[C@@H]2CCN(CCF)C[C@@H]2CN2CCCC(Cc3ccc(F)cc3)C2)nc1C. The number of halogens is 2. The summed E-state index contributed by atoms with van der Waals surface area (Å²) in [7, 11) is 0. The maximum atomic E-state index is 13.3. The summed E-state index contributed by atoms with van der Waals surface area (Å²) in [6.07, 6.45) is 3.93. The van der Waals surface area contributed by atoms with Crippen molar-refractivity contribution in [2.24, 2.45) is 11.8 Å². The minimum Gasteiger partial charge on any atom is -0.335 e. The molecule has 2 aromatic rings. The number of nitrogens with zero attached hydrogens (tertiary/aromatic N) is 3. The first-order chi connectivity index (χ1) is 17.8. The summed E-state index contributed by atoms with van der Waals surface area (Å²) in [5, 5.41) is 6.34. The van der Waals surface area contributed by atoms with E-state index in [1.54, 1.807) is 6.92 Å². The Morgan fingerprint density at radius 2 is 1.92 bits per heavy atom. The number of aromatic nitrogens is 1. The van der Waals surface area contributed by atoms with Crippen molar-refractivity contribution >= 4 is 28.3 Å². The Balaban J connectivity index is 1.36.